The summed E-state index contributed by atoms with van der Waals surface area (Å²) in [6.07, 6.45) is 3.19. The zero-order valence-corrected chi connectivity index (χ0v) is 11.9. The summed E-state index contributed by atoms with van der Waals surface area (Å²) in [5, 5.41) is 3.09. The van der Waals surface area contributed by atoms with Gasteiger partial charge in [0, 0.05) is 18.1 Å². The maximum absolute atomic E-state index is 12.5. The van der Waals surface area contributed by atoms with Gasteiger partial charge in [0.1, 0.15) is 0 Å². The lowest BCUT2D eigenvalue weighted by atomic mass is 10.1. The molecule has 1 aliphatic heterocycles. The Morgan fingerprint density at radius 1 is 1.25 bits per heavy atom. The van der Waals surface area contributed by atoms with E-state index in [9.17, 15) is 9.59 Å². The topological polar surface area (TPSA) is 75.4 Å². The van der Waals surface area contributed by atoms with Crippen LogP contribution in [0.4, 0.5) is 5.69 Å². The first kappa shape index (κ1) is 14.8. The lowest BCUT2D eigenvalue weighted by Gasteiger charge is -2.27. The minimum atomic E-state index is -0.347. The Bertz CT molecular complexity index is 513. The van der Waals surface area contributed by atoms with Crippen LogP contribution in [0.15, 0.2) is 18.2 Å². The minimum Gasteiger partial charge on any atom is -0.339 e. The standard InChI is InChI=1S/C14H18ClN3O2/c15-10-4-5-11(12(8-10)17-13(19)9-16)14(20)18-6-2-1-3-7-18/h4-5,8H,1-3,6-7,9,16H2,(H,17,19). The van der Waals surface area contributed by atoms with Crippen LogP contribution < -0.4 is 11.1 Å². The Labute approximate surface area is 123 Å². The number of carbonyl (C=O) groups excluding carboxylic acids is 2. The molecule has 0 radical (unpaired) electrons. The summed E-state index contributed by atoms with van der Waals surface area (Å²) >= 11 is 5.93. The molecule has 1 heterocycles. The van der Waals surface area contributed by atoms with Crippen LogP contribution in [0.5, 0.6) is 0 Å². The number of piperidine rings is 1. The lowest BCUT2D eigenvalue weighted by molar-refractivity contribution is -0.114. The maximum Gasteiger partial charge on any atom is 0.255 e. The van der Waals surface area contributed by atoms with Crippen LogP contribution in [0, 0.1) is 0 Å². The molecule has 1 aromatic carbocycles. The number of carbonyl (C=O) groups is 2. The van der Waals surface area contributed by atoms with Gasteiger partial charge in [-0.15, -0.1) is 0 Å². The number of amides is 2. The number of anilines is 1. The number of nitrogens with one attached hydrogen (secondary N) is 1. The van der Waals surface area contributed by atoms with E-state index in [1.165, 1.54) is 0 Å². The highest BCUT2D eigenvalue weighted by atomic mass is 35.5. The summed E-state index contributed by atoms with van der Waals surface area (Å²) < 4.78 is 0. The highest BCUT2D eigenvalue weighted by molar-refractivity contribution is 6.31. The third kappa shape index (κ3) is 3.49. The molecule has 0 bridgehead atoms. The Morgan fingerprint density at radius 3 is 2.60 bits per heavy atom. The lowest BCUT2D eigenvalue weighted by Crippen LogP contribution is -2.36. The number of halogens is 1. The number of benzene rings is 1. The predicted molar refractivity (Wildman–Crippen MR) is 78.9 cm³/mol. The summed E-state index contributed by atoms with van der Waals surface area (Å²) in [4.78, 5) is 25.8. The zero-order valence-electron chi connectivity index (χ0n) is 11.2. The van der Waals surface area contributed by atoms with E-state index >= 15 is 0 Å². The number of hydrogen-bond donors (Lipinski definition) is 2. The van der Waals surface area contributed by atoms with Gasteiger partial charge in [0.05, 0.1) is 17.8 Å². The van der Waals surface area contributed by atoms with Crippen molar-refractivity contribution < 1.29 is 9.59 Å². The van der Waals surface area contributed by atoms with Crippen molar-refractivity contribution in [3.8, 4) is 0 Å². The molecule has 5 nitrogen and oxygen atoms in total. The number of rotatable bonds is 3. The van der Waals surface area contributed by atoms with Gasteiger partial charge in [-0.05, 0) is 37.5 Å². The second kappa shape index (κ2) is 6.72. The third-order valence-corrected chi connectivity index (χ3v) is 3.55. The maximum atomic E-state index is 12.5. The first-order chi connectivity index (χ1) is 9.61. The fourth-order valence-corrected chi connectivity index (χ4v) is 2.45. The minimum absolute atomic E-state index is 0.0753. The summed E-state index contributed by atoms with van der Waals surface area (Å²) in [6.45, 7) is 1.38. The van der Waals surface area contributed by atoms with Crippen molar-refractivity contribution in [3.63, 3.8) is 0 Å². The molecular formula is C14H18ClN3O2. The molecular weight excluding hydrogens is 278 g/mol. The number of hydrogen-bond acceptors (Lipinski definition) is 3. The molecule has 2 amide bonds. The molecule has 1 aliphatic rings. The van der Waals surface area contributed by atoms with Crippen LogP contribution in [0.3, 0.4) is 0 Å². The SMILES string of the molecule is NCC(=O)Nc1cc(Cl)ccc1C(=O)N1CCCCC1. The van der Waals surface area contributed by atoms with E-state index < -0.39 is 0 Å². The Hall–Kier alpha value is -1.59. The predicted octanol–water partition coefficient (Wildman–Crippen LogP) is 1.86. The van der Waals surface area contributed by atoms with E-state index in [2.05, 4.69) is 5.32 Å². The number of nitrogens with zero attached hydrogens (tertiary/aromatic N) is 1. The van der Waals surface area contributed by atoms with Crippen LogP contribution in [0.2, 0.25) is 5.02 Å². The smallest absolute Gasteiger partial charge is 0.255 e. The third-order valence-electron chi connectivity index (χ3n) is 3.31. The van der Waals surface area contributed by atoms with E-state index in [-0.39, 0.29) is 18.4 Å². The van der Waals surface area contributed by atoms with Gasteiger partial charge in [-0.25, -0.2) is 0 Å². The van der Waals surface area contributed by atoms with Crippen LogP contribution >= 0.6 is 11.6 Å². The van der Waals surface area contributed by atoms with Gasteiger partial charge in [-0.3, -0.25) is 9.59 Å². The molecule has 1 saturated heterocycles. The molecule has 108 valence electrons. The molecule has 6 heteroatoms. The number of nitrogens with two attached hydrogens (primary N) is 1. The van der Waals surface area contributed by atoms with E-state index in [1.807, 2.05) is 4.90 Å². The molecule has 3 N–H and O–H groups in total. The van der Waals surface area contributed by atoms with Crippen molar-refractivity contribution in [2.75, 3.05) is 25.0 Å². The zero-order chi connectivity index (χ0) is 14.5. The highest BCUT2D eigenvalue weighted by Crippen LogP contribution is 2.24. The first-order valence-corrected chi connectivity index (χ1v) is 7.08. The Morgan fingerprint density at radius 2 is 1.95 bits per heavy atom. The van der Waals surface area contributed by atoms with Gasteiger partial charge < -0.3 is 16.0 Å². The largest absolute Gasteiger partial charge is 0.339 e. The van der Waals surface area contributed by atoms with Gasteiger partial charge in [-0.1, -0.05) is 11.6 Å². The van der Waals surface area contributed by atoms with Crippen molar-refractivity contribution in [2.45, 2.75) is 19.3 Å². The van der Waals surface area contributed by atoms with Crippen LogP contribution in [-0.2, 0) is 4.79 Å². The van der Waals surface area contributed by atoms with E-state index in [4.69, 9.17) is 17.3 Å². The van der Waals surface area contributed by atoms with Gasteiger partial charge >= 0.3 is 0 Å². The quantitative estimate of drug-likeness (QED) is 0.894. The van der Waals surface area contributed by atoms with Crippen molar-refractivity contribution in [1.29, 1.82) is 0 Å². The van der Waals surface area contributed by atoms with Gasteiger partial charge in [0.2, 0.25) is 5.91 Å². The molecule has 0 atom stereocenters. The van der Waals surface area contributed by atoms with Crippen LogP contribution in [-0.4, -0.2) is 36.3 Å². The van der Waals surface area contributed by atoms with Gasteiger partial charge in [0.25, 0.3) is 5.91 Å². The fourth-order valence-electron chi connectivity index (χ4n) is 2.27. The highest BCUT2D eigenvalue weighted by Gasteiger charge is 2.21. The molecule has 0 unspecified atom stereocenters. The summed E-state index contributed by atoms with van der Waals surface area (Å²) in [5.74, 6) is -0.423. The van der Waals surface area contributed by atoms with Crippen molar-refractivity contribution in [2.24, 2.45) is 5.73 Å². The Balaban J connectivity index is 2.25. The fraction of sp³-hybridized carbons (Fsp3) is 0.429. The summed E-state index contributed by atoms with van der Waals surface area (Å²) in [5.41, 5.74) is 6.16. The molecule has 2 rings (SSSR count). The van der Waals surface area contributed by atoms with Crippen molar-refractivity contribution in [3.05, 3.63) is 28.8 Å². The van der Waals surface area contributed by atoms with E-state index in [0.29, 0.717) is 16.3 Å². The summed E-state index contributed by atoms with van der Waals surface area (Å²) in [6, 6.07) is 4.87. The molecule has 0 spiro atoms. The second-order valence-electron chi connectivity index (χ2n) is 4.80. The van der Waals surface area contributed by atoms with Crippen LogP contribution in [0.25, 0.3) is 0 Å². The van der Waals surface area contributed by atoms with E-state index in [0.717, 1.165) is 32.4 Å². The van der Waals surface area contributed by atoms with E-state index in [1.54, 1.807) is 18.2 Å². The van der Waals surface area contributed by atoms with Gasteiger partial charge in [-0.2, -0.15) is 0 Å². The van der Waals surface area contributed by atoms with Crippen LogP contribution in [0.1, 0.15) is 29.6 Å². The number of likely N-dealkylation sites (tertiary alicyclic amines) is 1. The first-order valence-electron chi connectivity index (χ1n) is 6.70. The van der Waals surface area contributed by atoms with Crippen molar-refractivity contribution in [1.82, 2.24) is 4.90 Å². The molecule has 1 aromatic rings. The molecule has 1 fully saturated rings. The molecule has 0 saturated carbocycles. The Kier molecular flexibility index (Phi) is 4.98. The normalized spacial score (nSPS) is 15.0. The molecule has 0 aromatic heterocycles. The second-order valence-corrected chi connectivity index (χ2v) is 5.23. The molecule has 0 aliphatic carbocycles. The van der Waals surface area contributed by atoms with Gasteiger partial charge in [0.15, 0.2) is 0 Å². The average Bonchev–Trinajstić information content (AvgIpc) is 2.47. The monoisotopic (exact) mass is 295 g/mol. The van der Waals surface area contributed by atoms with Crippen molar-refractivity contribution >= 4 is 29.1 Å². The molecule has 20 heavy (non-hydrogen) atoms. The average molecular weight is 296 g/mol. The summed E-state index contributed by atoms with van der Waals surface area (Å²) in [7, 11) is 0.